The number of Topliss-reactive ketones (excluding diaryl/α,β-unsaturated/α-hetero) is 1. The van der Waals surface area contributed by atoms with Crippen molar-refractivity contribution in [1.82, 2.24) is 0 Å². The minimum atomic E-state index is -0.616. The molecule has 0 radical (unpaired) electrons. The number of benzene rings is 2. The number of ether oxygens (including phenoxy) is 3. The number of amides is 1. The van der Waals surface area contributed by atoms with Crippen LogP contribution < -0.4 is 19.1 Å². The molecule has 0 aromatic heterocycles. The second-order valence-corrected chi connectivity index (χ2v) is 8.19. The highest BCUT2D eigenvalue weighted by Crippen LogP contribution is 2.46. The fourth-order valence-corrected chi connectivity index (χ4v) is 4.19. The van der Waals surface area contributed by atoms with Gasteiger partial charge in [0.2, 0.25) is 0 Å². The van der Waals surface area contributed by atoms with E-state index in [0.717, 1.165) is 11.1 Å². The number of carbonyl (C=O) groups is 3. The maximum atomic E-state index is 12.6. The van der Waals surface area contributed by atoms with Gasteiger partial charge in [0.15, 0.2) is 11.5 Å². The van der Waals surface area contributed by atoms with Gasteiger partial charge in [-0.05, 0) is 62.2 Å². The predicted molar refractivity (Wildman–Crippen MR) is 120 cm³/mol. The van der Waals surface area contributed by atoms with E-state index >= 15 is 0 Å². The van der Waals surface area contributed by atoms with Crippen molar-refractivity contribution in [2.75, 3.05) is 19.1 Å². The third-order valence-corrected chi connectivity index (χ3v) is 5.56. The van der Waals surface area contributed by atoms with Gasteiger partial charge in [0.05, 0.1) is 31.0 Å². The third kappa shape index (κ3) is 3.45. The molecule has 0 unspecified atom stereocenters. The lowest BCUT2D eigenvalue weighted by Crippen LogP contribution is -2.47. The van der Waals surface area contributed by atoms with Crippen LogP contribution in [0.15, 0.2) is 42.5 Å². The molecular weight excluding hydrogens is 410 g/mol. The monoisotopic (exact) mass is 433 g/mol. The van der Waals surface area contributed by atoms with Crippen LogP contribution in [0.2, 0.25) is 0 Å². The summed E-state index contributed by atoms with van der Waals surface area (Å²) in [5.74, 6) is -0.463. The summed E-state index contributed by atoms with van der Waals surface area (Å²) >= 11 is 0. The van der Waals surface area contributed by atoms with Crippen molar-refractivity contribution in [3.05, 3.63) is 59.2 Å². The Balaban J connectivity index is 1.61. The molecule has 2 aliphatic heterocycles. The number of allylic oxidation sites excluding steroid dienone is 1. The Kier molecular flexibility index (Phi) is 5.12. The quantitative estimate of drug-likeness (QED) is 0.306. The Bertz CT molecular complexity index is 1220. The first-order valence-electron chi connectivity index (χ1n) is 10.0. The summed E-state index contributed by atoms with van der Waals surface area (Å²) < 4.78 is 15.9. The lowest BCUT2D eigenvalue weighted by atomic mass is 9.89. The summed E-state index contributed by atoms with van der Waals surface area (Å²) in [6, 6.07) is 8.38. The second-order valence-electron chi connectivity index (χ2n) is 8.19. The van der Waals surface area contributed by atoms with Crippen molar-refractivity contribution in [1.29, 1.82) is 0 Å². The number of carbonyl (C=O) groups excluding carboxylic acids is 3. The maximum absolute atomic E-state index is 12.6. The van der Waals surface area contributed by atoms with E-state index in [1.54, 1.807) is 37.5 Å². The summed E-state index contributed by atoms with van der Waals surface area (Å²) in [6.45, 7) is 5.67. The fourth-order valence-electron chi connectivity index (χ4n) is 4.19. The van der Waals surface area contributed by atoms with E-state index in [-0.39, 0.29) is 11.3 Å². The number of hydrogen-bond donors (Lipinski definition) is 0. The van der Waals surface area contributed by atoms with Gasteiger partial charge in [-0.3, -0.25) is 14.5 Å². The van der Waals surface area contributed by atoms with Crippen molar-refractivity contribution < 1.29 is 28.6 Å². The van der Waals surface area contributed by atoms with Gasteiger partial charge in [-0.2, -0.15) is 0 Å². The standard InChI is InChI=1S/C25H23NO6/c1-14-13-25(2,3)26-22-17(14)11-16(12-18(22)23(28)24(26)29)32-21(27)9-7-15-6-8-19(30-4)20(10-15)31-5/h6-13H,1-5H3. The van der Waals surface area contributed by atoms with E-state index in [4.69, 9.17) is 14.2 Å². The molecule has 1 amide bonds. The molecule has 0 saturated carbocycles. The van der Waals surface area contributed by atoms with E-state index in [2.05, 4.69) is 0 Å². The Morgan fingerprint density at radius 2 is 1.69 bits per heavy atom. The van der Waals surface area contributed by atoms with Crippen LogP contribution >= 0.6 is 0 Å². The number of esters is 1. The van der Waals surface area contributed by atoms with Crippen LogP contribution in [-0.2, 0) is 9.59 Å². The molecule has 7 nitrogen and oxygen atoms in total. The maximum Gasteiger partial charge on any atom is 0.336 e. The normalized spacial score (nSPS) is 16.2. The molecule has 7 heteroatoms. The average molecular weight is 433 g/mol. The molecule has 0 saturated heterocycles. The van der Waals surface area contributed by atoms with Gasteiger partial charge < -0.3 is 14.2 Å². The SMILES string of the molecule is COc1ccc(C=CC(=O)Oc2cc3c4c(c2)C(C)=CC(C)(C)N4C(=O)C3=O)cc1OC. The lowest BCUT2D eigenvalue weighted by Gasteiger charge is -2.38. The van der Waals surface area contributed by atoms with Crippen molar-refractivity contribution in [3.8, 4) is 17.2 Å². The highest BCUT2D eigenvalue weighted by molar-refractivity contribution is 6.53. The zero-order chi connectivity index (χ0) is 23.2. The molecule has 4 rings (SSSR count). The van der Waals surface area contributed by atoms with Gasteiger partial charge in [-0.1, -0.05) is 12.1 Å². The Hall–Kier alpha value is -3.87. The van der Waals surface area contributed by atoms with E-state index in [0.29, 0.717) is 22.7 Å². The Labute approximate surface area is 185 Å². The van der Waals surface area contributed by atoms with Crippen LogP contribution in [-0.4, -0.2) is 37.4 Å². The zero-order valence-electron chi connectivity index (χ0n) is 18.5. The number of methoxy groups -OCH3 is 2. The van der Waals surface area contributed by atoms with Gasteiger partial charge in [-0.25, -0.2) is 4.79 Å². The molecule has 0 N–H and O–H groups in total. The zero-order valence-corrected chi connectivity index (χ0v) is 18.5. The first kappa shape index (κ1) is 21.4. The van der Waals surface area contributed by atoms with Crippen LogP contribution in [0.4, 0.5) is 5.69 Å². The lowest BCUT2D eigenvalue weighted by molar-refractivity contribution is -0.128. The average Bonchev–Trinajstić information content (AvgIpc) is 3.01. The van der Waals surface area contributed by atoms with Crippen molar-refractivity contribution in [3.63, 3.8) is 0 Å². The highest BCUT2D eigenvalue weighted by atomic mass is 16.5. The largest absolute Gasteiger partial charge is 0.493 e. The van der Waals surface area contributed by atoms with Crippen LogP contribution in [0.3, 0.4) is 0 Å². The second kappa shape index (κ2) is 7.67. The first-order chi connectivity index (χ1) is 15.2. The van der Waals surface area contributed by atoms with E-state index < -0.39 is 23.2 Å². The summed E-state index contributed by atoms with van der Waals surface area (Å²) in [6.07, 6.45) is 4.80. The predicted octanol–water partition coefficient (Wildman–Crippen LogP) is 4.05. The van der Waals surface area contributed by atoms with Crippen LogP contribution in [0.25, 0.3) is 11.6 Å². The molecule has 2 aliphatic rings. The van der Waals surface area contributed by atoms with Gasteiger partial charge in [-0.15, -0.1) is 0 Å². The molecule has 0 bridgehead atoms. The molecular formula is C25H23NO6. The summed E-state index contributed by atoms with van der Waals surface area (Å²) in [4.78, 5) is 39.2. The topological polar surface area (TPSA) is 82.1 Å². The minimum Gasteiger partial charge on any atom is -0.493 e. The van der Waals surface area contributed by atoms with E-state index in [1.807, 2.05) is 26.8 Å². The first-order valence-corrected chi connectivity index (χ1v) is 10.0. The summed E-state index contributed by atoms with van der Waals surface area (Å²) in [5, 5.41) is 0. The molecule has 2 heterocycles. The Morgan fingerprint density at radius 1 is 1.00 bits per heavy atom. The van der Waals surface area contributed by atoms with Crippen molar-refractivity contribution in [2.45, 2.75) is 26.3 Å². The van der Waals surface area contributed by atoms with Gasteiger partial charge in [0.1, 0.15) is 5.75 Å². The molecule has 0 aliphatic carbocycles. The number of nitrogens with zero attached hydrogens (tertiary/aromatic N) is 1. The molecule has 0 atom stereocenters. The summed E-state index contributed by atoms with van der Waals surface area (Å²) in [5.41, 5.74) is 2.54. The molecule has 0 fully saturated rings. The third-order valence-electron chi connectivity index (χ3n) is 5.56. The Morgan fingerprint density at radius 3 is 2.38 bits per heavy atom. The van der Waals surface area contributed by atoms with Crippen molar-refractivity contribution in [2.24, 2.45) is 0 Å². The van der Waals surface area contributed by atoms with Crippen LogP contribution in [0.5, 0.6) is 17.2 Å². The van der Waals surface area contributed by atoms with Gasteiger partial charge in [0, 0.05) is 11.6 Å². The molecule has 2 aromatic rings. The van der Waals surface area contributed by atoms with Crippen LogP contribution in [0, 0.1) is 0 Å². The minimum absolute atomic E-state index is 0.205. The molecule has 0 spiro atoms. The highest BCUT2D eigenvalue weighted by Gasteiger charge is 2.46. The number of anilines is 1. The molecule has 2 aromatic carbocycles. The summed E-state index contributed by atoms with van der Waals surface area (Å²) in [7, 11) is 3.08. The molecule has 32 heavy (non-hydrogen) atoms. The number of rotatable bonds is 5. The molecule has 164 valence electrons. The van der Waals surface area contributed by atoms with Crippen molar-refractivity contribution >= 4 is 35.0 Å². The van der Waals surface area contributed by atoms with Gasteiger partial charge >= 0.3 is 5.97 Å². The van der Waals surface area contributed by atoms with E-state index in [1.165, 1.54) is 24.2 Å². The number of ketones is 1. The fraction of sp³-hybridized carbons (Fsp3) is 0.240. The number of hydrogen-bond acceptors (Lipinski definition) is 6. The van der Waals surface area contributed by atoms with Crippen LogP contribution in [0.1, 0.15) is 42.3 Å². The smallest absolute Gasteiger partial charge is 0.336 e. The van der Waals surface area contributed by atoms with E-state index in [9.17, 15) is 14.4 Å². The van der Waals surface area contributed by atoms with Gasteiger partial charge in [0.25, 0.3) is 11.7 Å².